The summed E-state index contributed by atoms with van der Waals surface area (Å²) in [4.78, 5) is 11.2. The van der Waals surface area contributed by atoms with E-state index >= 15 is 0 Å². The van der Waals surface area contributed by atoms with E-state index in [-0.39, 0.29) is 12.1 Å². The predicted octanol–water partition coefficient (Wildman–Crippen LogP) is 3.54. The van der Waals surface area contributed by atoms with Gasteiger partial charge in [-0.1, -0.05) is 20.8 Å². The van der Waals surface area contributed by atoms with Gasteiger partial charge in [0.1, 0.15) is 6.10 Å². The maximum absolute atomic E-state index is 11.2. The van der Waals surface area contributed by atoms with Crippen molar-refractivity contribution in [3.63, 3.8) is 0 Å². The molecule has 1 atom stereocenters. The summed E-state index contributed by atoms with van der Waals surface area (Å²) in [6.45, 7) is 8.54. The third-order valence-corrected chi connectivity index (χ3v) is 3.65. The first-order valence-electron chi connectivity index (χ1n) is 6.14. The molecule has 0 spiro atoms. The summed E-state index contributed by atoms with van der Waals surface area (Å²) in [5, 5.41) is 0. The molecule has 1 aliphatic rings. The van der Waals surface area contributed by atoms with Crippen molar-refractivity contribution in [2.24, 2.45) is 11.3 Å². The molecule has 0 aromatic heterocycles. The zero-order valence-corrected chi connectivity index (χ0v) is 10.5. The maximum atomic E-state index is 11.2. The van der Waals surface area contributed by atoms with Crippen molar-refractivity contribution in [1.29, 1.82) is 0 Å². The Kier molecular flexibility index (Phi) is 4.18. The highest BCUT2D eigenvalue weighted by atomic mass is 16.5. The molecular weight excluding hydrogens is 188 g/mol. The molecule has 0 radical (unpaired) electrons. The number of carbonyl (C=O) groups is 1. The molecule has 15 heavy (non-hydrogen) atoms. The van der Waals surface area contributed by atoms with Crippen molar-refractivity contribution in [3.8, 4) is 0 Å². The number of hydrogen-bond acceptors (Lipinski definition) is 2. The van der Waals surface area contributed by atoms with Gasteiger partial charge in [0.25, 0.3) is 0 Å². The van der Waals surface area contributed by atoms with E-state index < -0.39 is 0 Å². The van der Waals surface area contributed by atoms with Gasteiger partial charge in [-0.2, -0.15) is 0 Å². The largest absolute Gasteiger partial charge is 0.462 e. The van der Waals surface area contributed by atoms with E-state index in [0.29, 0.717) is 17.8 Å². The zero-order chi connectivity index (χ0) is 11.5. The lowest BCUT2D eigenvalue weighted by atomic mass is 9.72. The SMILES string of the molecule is CCC(=O)OC(C)C1CCC(C)(C)CC1. The Balaban J connectivity index is 2.36. The van der Waals surface area contributed by atoms with Crippen molar-refractivity contribution in [3.05, 3.63) is 0 Å². The van der Waals surface area contributed by atoms with Crippen LogP contribution in [0.3, 0.4) is 0 Å². The molecule has 88 valence electrons. The Morgan fingerprint density at radius 3 is 2.40 bits per heavy atom. The predicted molar refractivity (Wildman–Crippen MR) is 61.6 cm³/mol. The van der Waals surface area contributed by atoms with Crippen molar-refractivity contribution < 1.29 is 9.53 Å². The molecule has 0 heterocycles. The third-order valence-electron chi connectivity index (χ3n) is 3.65. The summed E-state index contributed by atoms with van der Waals surface area (Å²) in [6.07, 6.45) is 5.50. The fourth-order valence-electron chi connectivity index (χ4n) is 2.28. The van der Waals surface area contributed by atoms with Gasteiger partial charge in [0, 0.05) is 6.42 Å². The fraction of sp³-hybridized carbons (Fsp3) is 0.923. The monoisotopic (exact) mass is 212 g/mol. The number of ether oxygens (including phenoxy) is 1. The highest BCUT2D eigenvalue weighted by Gasteiger charge is 2.30. The van der Waals surface area contributed by atoms with Crippen molar-refractivity contribution in [2.45, 2.75) is 65.9 Å². The van der Waals surface area contributed by atoms with E-state index in [0.717, 1.165) is 0 Å². The van der Waals surface area contributed by atoms with Gasteiger partial charge in [0.05, 0.1) is 0 Å². The first kappa shape index (κ1) is 12.5. The normalized spacial score (nSPS) is 23.5. The zero-order valence-electron chi connectivity index (χ0n) is 10.5. The molecule has 1 saturated carbocycles. The highest BCUT2D eigenvalue weighted by Crippen LogP contribution is 2.39. The second kappa shape index (κ2) is 5.00. The summed E-state index contributed by atoms with van der Waals surface area (Å²) in [7, 11) is 0. The topological polar surface area (TPSA) is 26.3 Å². The molecule has 0 aliphatic heterocycles. The van der Waals surface area contributed by atoms with Gasteiger partial charge in [-0.25, -0.2) is 0 Å². The van der Waals surface area contributed by atoms with Gasteiger partial charge >= 0.3 is 5.97 Å². The van der Waals surface area contributed by atoms with Gasteiger partial charge in [-0.15, -0.1) is 0 Å². The Bertz CT molecular complexity index is 211. The first-order chi connectivity index (χ1) is 6.94. The standard InChI is InChI=1S/C13H24O2/c1-5-12(14)15-10(2)11-6-8-13(3,4)9-7-11/h10-11H,5-9H2,1-4H3. The first-order valence-corrected chi connectivity index (χ1v) is 6.14. The lowest BCUT2D eigenvalue weighted by Crippen LogP contribution is -2.30. The van der Waals surface area contributed by atoms with Crippen LogP contribution in [0.4, 0.5) is 0 Å². The molecule has 0 saturated heterocycles. The molecular formula is C13H24O2. The quantitative estimate of drug-likeness (QED) is 0.669. The minimum absolute atomic E-state index is 0.0627. The molecule has 1 fully saturated rings. The average molecular weight is 212 g/mol. The summed E-state index contributed by atoms with van der Waals surface area (Å²) < 4.78 is 5.37. The molecule has 0 N–H and O–H groups in total. The molecule has 2 heteroatoms. The lowest BCUT2D eigenvalue weighted by Gasteiger charge is -2.36. The summed E-state index contributed by atoms with van der Waals surface area (Å²) in [5.41, 5.74) is 0.491. The molecule has 0 aromatic rings. The molecule has 2 nitrogen and oxygen atoms in total. The van der Waals surface area contributed by atoms with E-state index in [1.54, 1.807) is 0 Å². The van der Waals surface area contributed by atoms with Gasteiger partial charge in [0.2, 0.25) is 0 Å². The van der Waals surface area contributed by atoms with E-state index in [4.69, 9.17) is 4.74 Å². The number of carbonyl (C=O) groups excluding carboxylic acids is 1. The van der Waals surface area contributed by atoms with Gasteiger partial charge in [-0.3, -0.25) is 4.79 Å². The van der Waals surface area contributed by atoms with Crippen LogP contribution in [-0.4, -0.2) is 12.1 Å². The van der Waals surface area contributed by atoms with Crippen LogP contribution >= 0.6 is 0 Å². The summed E-state index contributed by atoms with van der Waals surface area (Å²) in [6, 6.07) is 0. The van der Waals surface area contributed by atoms with Crippen LogP contribution in [0.5, 0.6) is 0 Å². The molecule has 0 aromatic carbocycles. The van der Waals surface area contributed by atoms with Gasteiger partial charge in [-0.05, 0) is 43.9 Å². The Labute approximate surface area is 93.4 Å². The molecule has 0 bridgehead atoms. The van der Waals surface area contributed by atoms with Crippen LogP contribution in [0.15, 0.2) is 0 Å². The summed E-state index contributed by atoms with van der Waals surface area (Å²) >= 11 is 0. The second-order valence-corrected chi connectivity index (χ2v) is 5.55. The highest BCUT2D eigenvalue weighted by molar-refractivity contribution is 5.69. The number of esters is 1. The van der Waals surface area contributed by atoms with Crippen molar-refractivity contribution in [1.82, 2.24) is 0 Å². The Morgan fingerprint density at radius 2 is 1.93 bits per heavy atom. The minimum Gasteiger partial charge on any atom is -0.462 e. The fourth-order valence-corrected chi connectivity index (χ4v) is 2.28. The van der Waals surface area contributed by atoms with Gasteiger partial charge < -0.3 is 4.74 Å². The molecule has 1 unspecified atom stereocenters. The van der Waals surface area contributed by atoms with Crippen molar-refractivity contribution in [2.75, 3.05) is 0 Å². The van der Waals surface area contributed by atoms with E-state index in [2.05, 4.69) is 13.8 Å². The van der Waals surface area contributed by atoms with E-state index in [1.165, 1.54) is 25.7 Å². The number of hydrogen-bond donors (Lipinski definition) is 0. The Hall–Kier alpha value is -0.530. The van der Waals surface area contributed by atoms with Crippen LogP contribution in [0.25, 0.3) is 0 Å². The molecule has 1 aliphatic carbocycles. The Morgan fingerprint density at radius 1 is 1.40 bits per heavy atom. The van der Waals surface area contributed by atoms with E-state index in [1.807, 2.05) is 13.8 Å². The average Bonchev–Trinajstić information content (AvgIpc) is 2.17. The van der Waals surface area contributed by atoms with Crippen molar-refractivity contribution >= 4 is 5.97 Å². The van der Waals surface area contributed by atoms with Crippen LogP contribution in [0.2, 0.25) is 0 Å². The molecule has 1 rings (SSSR count). The lowest BCUT2D eigenvalue weighted by molar-refractivity contribution is -0.151. The van der Waals surface area contributed by atoms with Crippen LogP contribution in [0.1, 0.15) is 59.8 Å². The summed E-state index contributed by atoms with van der Waals surface area (Å²) in [5.74, 6) is 0.515. The van der Waals surface area contributed by atoms with E-state index in [9.17, 15) is 4.79 Å². The second-order valence-electron chi connectivity index (χ2n) is 5.55. The van der Waals surface area contributed by atoms with Crippen LogP contribution < -0.4 is 0 Å². The minimum atomic E-state index is -0.0627. The smallest absolute Gasteiger partial charge is 0.305 e. The molecule has 0 amide bonds. The third kappa shape index (κ3) is 3.84. The van der Waals surface area contributed by atoms with Crippen LogP contribution in [0, 0.1) is 11.3 Å². The van der Waals surface area contributed by atoms with Gasteiger partial charge in [0.15, 0.2) is 0 Å². The maximum Gasteiger partial charge on any atom is 0.305 e. The van der Waals surface area contributed by atoms with Crippen LogP contribution in [-0.2, 0) is 9.53 Å². The number of rotatable bonds is 3.